The first-order valence-electron chi connectivity index (χ1n) is 8.67. The van der Waals surface area contributed by atoms with Gasteiger partial charge in [-0.1, -0.05) is 18.2 Å². The van der Waals surface area contributed by atoms with E-state index in [1.165, 1.54) is 12.1 Å². The van der Waals surface area contributed by atoms with Gasteiger partial charge in [0.05, 0.1) is 18.3 Å². The molecule has 0 aliphatic heterocycles. The van der Waals surface area contributed by atoms with Gasteiger partial charge in [-0.3, -0.25) is 14.9 Å². The number of hydrogen-bond donors (Lipinski definition) is 1. The molecule has 0 fully saturated rings. The van der Waals surface area contributed by atoms with E-state index in [2.05, 4.69) is 55.7 Å². The molecule has 0 radical (unpaired) electrons. The van der Waals surface area contributed by atoms with Crippen LogP contribution in [0.15, 0.2) is 71.8 Å². The molecule has 0 atom stereocenters. The van der Waals surface area contributed by atoms with E-state index in [-0.39, 0.29) is 11.6 Å². The predicted octanol–water partition coefficient (Wildman–Crippen LogP) is 5.15. The number of hydrogen-bond acceptors (Lipinski definition) is 5. The highest BCUT2D eigenvalue weighted by molar-refractivity contribution is 14.1. The zero-order valence-corrected chi connectivity index (χ0v) is 19.7. The molecule has 30 heavy (non-hydrogen) atoms. The van der Waals surface area contributed by atoms with Crippen LogP contribution in [0.2, 0.25) is 0 Å². The topological polar surface area (TPSA) is 93.8 Å². The molecule has 0 heterocycles. The van der Waals surface area contributed by atoms with E-state index in [0.717, 1.165) is 24.0 Å². The van der Waals surface area contributed by atoms with Crippen LogP contribution in [0.1, 0.15) is 21.5 Å². The highest BCUT2D eigenvalue weighted by Crippen LogP contribution is 2.29. The Balaban J connectivity index is 1.63. The molecule has 1 N–H and O–H groups in total. The number of nitrogens with one attached hydrogen (secondary N) is 1. The number of nitro benzene ring substituents is 1. The highest BCUT2D eigenvalue weighted by Gasteiger charge is 2.10. The fraction of sp³-hybridized carbons (Fsp3) is 0.0476. The van der Waals surface area contributed by atoms with Crippen LogP contribution >= 0.6 is 45.2 Å². The van der Waals surface area contributed by atoms with Crippen LogP contribution in [0.5, 0.6) is 5.75 Å². The van der Waals surface area contributed by atoms with Gasteiger partial charge in [-0.15, -0.1) is 0 Å². The van der Waals surface area contributed by atoms with Crippen LogP contribution in [0, 0.1) is 17.3 Å². The normalized spacial score (nSPS) is 10.7. The molecule has 0 aliphatic rings. The number of hydrazone groups is 1. The van der Waals surface area contributed by atoms with Gasteiger partial charge in [0.25, 0.3) is 11.6 Å². The molecule has 0 bridgehead atoms. The SMILES string of the molecule is O=C(N/N=C\c1cc(I)c(OCc2ccc([N+](=O)[O-])cc2)c(I)c1)c1ccccc1. The number of ether oxygens (including phenoxy) is 1. The average Bonchev–Trinajstić information content (AvgIpc) is 2.74. The molecule has 0 aliphatic carbocycles. The molecule has 0 unspecified atom stereocenters. The third-order valence-corrected chi connectivity index (χ3v) is 5.57. The van der Waals surface area contributed by atoms with E-state index in [0.29, 0.717) is 12.2 Å². The highest BCUT2D eigenvalue weighted by atomic mass is 127. The first-order valence-corrected chi connectivity index (χ1v) is 10.8. The van der Waals surface area contributed by atoms with Crippen molar-refractivity contribution in [2.45, 2.75) is 6.61 Å². The lowest BCUT2D eigenvalue weighted by atomic mass is 10.2. The maximum Gasteiger partial charge on any atom is 0.271 e. The first-order chi connectivity index (χ1) is 14.4. The van der Waals surface area contributed by atoms with Crippen molar-refractivity contribution >= 4 is 63.0 Å². The Bertz CT molecular complexity index is 1060. The lowest BCUT2D eigenvalue weighted by Gasteiger charge is -2.11. The van der Waals surface area contributed by atoms with E-state index in [4.69, 9.17) is 4.74 Å². The van der Waals surface area contributed by atoms with E-state index >= 15 is 0 Å². The quantitative estimate of drug-likeness (QED) is 0.170. The Morgan fingerprint density at radius 2 is 1.70 bits per heavy atom. The van der Waals surface area contributed by atoms with Gasteiger partial charge < -0.3 is 4.74 Å². The Hall–Kier alpha value is -2.54. The predicted molar refractivity (Wildman–Crippen MR) is 131 cm³/mol. The summed E-state index contributed by atoms with van der Waals surface area (Å²) < 4.78 is 7.68. The minimum Gasteiger partial charge on any atom is -0.487 e. The van der Waals surface area contributed by atoms with Crippen molar-refractivity contribution in [3.63, 3.8) is 0 Å². The summed E-state index contributed by atoms with van der Waals surface area (Å²) in [6.07, 6.45) is 1.57. The molecule has 3 rings (SSSR count). The lowest BCUT2D eigenvalue weighted by Crippen LogP contribution is -2.17. The third kappa shape index (κ3) is 5.98. The second-order valence-corrected chi connectivity index (χ2v) is 8.42. The molecule has 3 aromatic carbocycles. The van der Waals surface area contributed by atoms with Crippen molar-refractivity contribution in [3.8, 4) is 5.75 Å². The molecule has 3 aromatic rings. The summed E-state index contributed by atoms with van der Waals surface area (Å²) in [5.74, 6) is 0.444. The summed E-state index contributed by atoms with van der Waals surface area (Å²) >= 11 is 4.35. The van der Waals surface area contributed by atoms with Crippen LogP contribution < -0.4 is 10.2 Å². The molecule has 0 spiro atoms. The van der Waals surface area contributed by atoms with Gasteiger partial charge in [0.1, 0.15) is 12.4 Å². The van der Waals surface area contributed by atoms with Crippen LogP contribution in [-0.2, 0) is 6.61 Å². The van der Waals surface area contributed by atoms with Crippen LogP contribution in [0.25, 0.3) is 0 Å². The van der Waals surface area contributed by atoms with Crippen molar-refractivity contribution in [2.24, 2.45) is 5.10 Å². The number of rotatable bonds is 7. The second kappa shape index (κ2) is 10.5. The monoisotopic (exact) mass is 627 g/mol. The number of carbonyl (C=O) groups excluding carboxylic acids is 1. The molecule has 0 saturated carbocycles. The van der Waals surface area contributed by atoms with Gasteiger partial charge in [0.15, 0.2) is 0 Å². The molecule has 1 amide bonds. The van der Waals surface area contributed by atoms with E-state index < -0.39 is 4.92 Å². The maximum absolute atomic E-state index is 12.0. The van der Waals surface area contributed by atoms with Crippen molar-refractivity contribution in [1.82, 2.24) is 5.43 Å². The van der Waals surface area contributed by atoms with Crippen LogP contribution in [-0.4, -0.2) is 17.0 Å². The van der Waals surface area contributed by atoms with Crippen molar-refractivity contribution in [1.29, 1.82) is 0 Å². The number of halogens is 2. The second-order valence-electron chi connectivity index (χ2n) is 6.09. The number of amides is 1. The summed E-state index contributed by atoms with van der Waals surface area (Å²) in [6, 6.07) is 18.9. The smallest absolute Gasteiger partial charge is 0.271 e. The Morgan fingerprint density at radius 3 is 2.30 bits per heavy atom. The lowest BCUT2D eigenvalue weighted by molar-refractivity contribution is -0.384. The minimum atomic E-state index is -0.431. The van der Waals surface area contributed by atoms with Gasteiger partial charge >= 0.3 is 0 Å². The number of nitrogens with zero attached hydrogens (tertiary/aromatic N) is 2. The molecule has 9 heteroatoms. The van der Waals surface area contributed by atoms with Gasteiger partial charge in [-0.2, -0.15) is 5.10 Å². The molecule has 152 valence electrons. The standard InChI is InChI=1S/C21H15I2N3O4/c22-18-10-15(12-24-25-21(27)16-4-2-1-3-5-16)11-19(23)20(18)30-13-14-6-8-17(9-7-14)26(28)29/h1-12H,13H2,(H,25,27)/b24-12-. The van der Waals surface area contributed by atoms with Crippen molar-refractivity contribution in [3.05, 3.63) is 101 Å². The molecule has 0 aromatic heterocycles. The third-order valence-electron chi connectivity index (χ3n) is 3.97. The van der Waals surface area contributed by atoms with Gasteiger partial charge in [-0.25, -0.2) is 5.43 Å². The largest absolute Gasteiger partial charge is 0.487 e. The first kappa shape index (κ1) is 22.2. The Kier molecular flexibility index (Phi) is 7.74. The number of carbonyl (C=O) groups is 1. The zero-order valence-electron chi connectivity index (χ0n) is 15.4. The summed E-state index contributed by atoms with van der Waals surface area (Å²) in [5.41, 5.74) is 4.74. The number of nitro groups is 1. The van der Waals surface area contributed by atoms with Crippen LogP contribution in [0.4, 0.5) is 5.69 Å². The Morgan fingerprint density at radius 1 is 1.07 bits per heavy atom. The molecular weight excluding hydrogens is 612 g/mol. The van der Waals surface area contributed by atoms with Gasteiger partial charge in [0.2, 0.25) is 0 Å². The van der Waals surface area contributed by atoms with E-state index in [1.54, 1.807) is 42.6 Å². The van der Waals surface area contributed by atoms with Crippen molar-refractivity contribution in [2.75, 3.05) is 0 Å². The molecule has 0 saturated heterocycles. The average molecular weight is 627 g/mol. The summed E-state index contributed by atoms with van der Waals surface area (Å²) in [7, 11) is 0. The van der Waals surface area contributed by atoms with Gasteiger partial charge in [0, 0.05) is 17.7 Å². The zero-order chi connectivity index (χ0) is 21.5. The molecular formula is C21H15I2N3O4. The summed E-state index contributed by atoms with van der Waals surface area (Å²) in [5, 5.41) is 14.8. The Labute approximate surface area is 200 Å². The fourth-order valence-electron chi connectivity index (χ4n) is 2.48. The number of benzene rings is 3. The summed E-state index contributed by atoms with van der Waals surface area (Å²) in [6.45, 7) is 0.296. The molecule has 7 nitrogen and oxygen atoms in total. The van der Waals surface area contributed by atoms with E-state index in [1.807, 2.05) is 18.2 Å². The fourth-order valence-corrected chi connectivity index (χ4v) is 4.61. The maximum atomic E-state index is 12.0. The van der Waals surface area contributed by atoms with Crippen LogP contribution in [0.3, 0.4) is 0 Å². The van der Waals surface area contributed by atoms with Crippen molar-refractivity contribution < 1.29 is 14.5 Å². The number of non-ortho nitro benzene ring substituents is 1. The minimum absolute atomic E-state index is 0.0471. The summed E-state index contributed by atoms with van der Waals surface area (Å²) in [4.78, 5) is 22.3. The van der Waals surface area contributed by atoms with E-state index in [9.17, 15) is 14.9 Å². The van der Waals surface area contributed by atoms with Gasteiger partial charge in [-0.05, 0) is 92.7 Å².